The van der Waals surface area contributed by atoms with Crippen LogP contribution in [0, 0.1) is 0 Å². The Labute approximate surface area is 111 Å². The Kier molecular flexibility index (Phi) is 3.55. The molecule has 1 heterocycles. The number of carbonyl (C=O) groups is 1. The SMILES string of the molecule is COC(=O)c1cc(N)c2cc(OC(C)C)ccc2n1. The Hall–Kier alpha value is -2.30. The third kappa shape index (κ3) is 2.76. The van der Waals surface area contributed by atoms with E-state index in [9.17, 15) is 4.79 Å². The first kappa shape index (κ1) is 13.1. The predicted molar refractivity (Wildman–Crippen MR) is 73.3 cm³/mol. The van der Waals surface area contributed by atoms with Crippen molar-refractivity contribution in [1.29, 1.82) is 0 Å². The molecule has 0 aliphatic rings. The van der Waals surface area contributed by atoms with Gasteiger partial charge in [0.25, 0.3) is 0 Å². The van der Waals surface area contributed by atoms with Crippen LogP contribution in [0.2, 0.25) is 0 Å². The van der Waals surface area contributed by atoms with E-state index in [1.54, 1.807) is 12.1 Å². The number of carbonyl (C=O) groups excluding carboxylic acids is 1. The van der Waals surface area contributed by atoms with Gasteiger partial charge in [0.1, 0.15) is 5.75 Å². The van der Waals surface area contributed by atoms with Gasteiger partial charge in [0.2, 0.25) is 0 Å². The number of rotatable bonds is 3. The van der Waals surface area contributed by atoms with E-state index >= 15 is 0 Å². The van der Waals surface area contributed by atoms with Crippen LogP contribution in [0.4, 0.5) is 5.69 Å². The second kappa shape index (κ2) is 5.14. The van der Waals surface area contributed by atoms with Gasteiger partial charge in [0.05, 0.1) is 18.7 Å². The first-order valence-corrected chi connectivity index (χ1v) is 5.96. The van der Waals surface area contributed by atoms with E-state index in [0.29, 0.717) is 11.2 Å². The van der Waals surface area contributed by atoms with E-state index < -0.39 is 5.97 Å². The number of nitrogens with two attached hydrogens (primary N) is 1. The molecule has 0 saturated heterocycles. The molecule has 0 fully saturated rings. The standard InChI is InChI=1S/C14H16N2O3/c1-8(2)19-9-4-5-12-10(6-9)11(15)7-13(16-12)14(17)18-3/h4-8H,1-3H3,(H2,15,16). The molecule has 0 amide bonds. The highest BCUT2D eigenvalue weighted by Crippen LogP contribution is 2.26. The Morgan fingerprint density at radius 3 is 2.68 bits per heavy atom. The van der Waals surface area contributed by atoms with Crippen molar-refractivity contribution >= 4 is 22.6 Å². The fraction of sp³-hybridized carbons (Fsp3) is 0.286. The molecule has 0 unspecified atom stereocenters. The van der Waals surface area contributed by atoms with Crippen molar-refractivity contribution in [2.75, 3.05) is 12.8 Å². The molecule has 0 saturated carbocycles. The van der Waals surface area contributed by atoms with E-state index in [1.807, 2.05) is 19.9 Å². The average molecular weight is 260 g/mol. The number of pyridine rings is 1. The second-order valence-electron chi connectivity index (χ2n) is 4.43. The van der Waals surface area contributed by atoms with Crippen LogP contribution >= 0.6 is 0 Å². The van der Waals surface area contributed by atoms with Gasteiger partial charge in [-0.05, 0) is 38.1 Å². The van der Waals surface area contributed by atoms with E-state index in [2.05, 4.69) is 9.72 Å². The van der Waals surface area contributed by atoms with Crippen LogP contribution < -0.4 is 10.5 Å². The summed E-state index contributed by atoms with van der Waals surface area (Å²) in [5.74, 6) is 0.220. The summed E-state index contributed by atoms with van der Waals surface area (Å²) in [6.45, 7) is 3.90. The highest BCUT2D eigenvalue weighted by Gasteiger charge is 2.11. The Bertz CT molecular complexity index is 623. The minimum absolute atomic E-state index is 0.0842. The number of fused-ring (bicyclic) bond motifs is 1. The zero-order valence-electron chi connectivity index (χ0n) is 11.1. The summed E-state index contributed by atoms with van der Waals surface area (Å²) >= 11 is 0. The van der Waals surface area contributed by atoms with Crippen molar-refractivity contribution in [2.24, 2.45) is 0 Å². The number of hydrogen-bond acceptors (Lipinski definition) is 5. The molecule has 0 radical (unpaired) electrons. The Balaban J connectivity index is 2.50. The predicted octanol–water partition coefficient (Wildman–Crippen LogP) is 2.39. The lowest BCUT2D eigenvalue weighted by Crippen LogP contribution is -2.07. The van der Waals surface area contributed by atoms with Crippen molar-refractivity contribution in [3.8, 4) is 5.75 Å². The van der Waals surface area contributed by atoms with Gasteiger partial charge in [-0.1, -0.05) is 0 Å². The number of nitrogens with zero attached hydrogens (tertiary/aromatic N) is 1. The Morgan fingerprint density at radius 1 is 1.32 bits per heavy atom. The Morgan fingerprint density at radius 2 is 2.05 bits per heavy atom. The molecule has 5 heteroatoms. The highest BCUT2D eigenvalue weighted by molar-refractivity contribution is 5.97. The number of aromatic nitrogens is 1. The summed E-state index contributed by atoms with van der Waals surface area (Å²) in [6, 6.07) is 6.90. The first-order valence-electron chi connectivity index (χ1n) is 5.96. The molecule has 100 valence electrons. The third-order valence-corrected chi connectivity index (χ3v) is 2.58. The molecule has 0 spiro atoms. The van der Waals surface area contributed by atoms with Gasteiger partial charge < -0.3 is 15.2 Å². The molecule has 0 bridgehead atoms. The number of hydrogen-bond donors (Lipinski definition) is 1. The summed E-state index contributed by atoms with van der Waals surface area (Å²) in [4.78, 5) is 15.7. The van der Waals surface area contributed by atoms with Crippen molar-refractivity contribution < 1.29 is 14.3 Å². The number of benzene rings is 1. The molecule has 0 atom stereocenters. The molecule has 2 rings (SSSR count). The van der Waals surface area contributed by atoms with Gasteiger partial charge >= 0.3 is 5.97 Å². The summed E-state index contributed by atoms with van der Waals surface area (Å²) in [6.07, 6.45) is 0.0842. The molecule has 0 aliphatic carbocycles. The van der Waals surface area contributed by atoms with E-state index in [0.717, 1.165) is 11.1 Å². The number of nitrogen functional groups attached to an aromatic ring is 1. The van der Waals surface area contributed by atoms with E-state index in [1.165, 1.54) is 13.2 Å². The quantitative estimate of drug-likeness (QED) is 0.858. The second-order valence-corrected chi connectivity index (χ2v) is 4.43. The normalized spacial score (nSPS) is 10.7. The van der Waals surface area contributed by atoms with Crippen molar-refractivity contribution in [1.82, 2.24) is 4.98 Å². The topological polar surface area (TPSA) is 74.4 Å². The largest absolute Gasteiger partial charge is 0.491 e. The van der Waals surface area contributed by atoms with Gasteiger partial charge in [-0.2, -0.15) is 0 Å². The van der Waals surface area contributed by atoms with Crippen LogP contribution in [0.5, 0.6) is 5.75 Å². The van der Waals surface area contributed by atoms with Gasteiger partial charge in [-0.25, -0.2) is 9.78 Å². The van der Waals surface area contributed by atoms with E-state index in [4.69, 9.17) is 10.5 Å². The molecule has 1 aromatic carbocycles. The molecular formula is C14H16N2O3. The summed E-state index contributed by atoms with van der Waals surface area (Å²) < 4.78 is 10.2. The van der Waals surface area contributed by atoms with Crippen molar-refractivity contribution in [3.63, 3.8) is 0 Å². The van der Waals surface area contributed by atoms with Crippen LogP contribution in [-0.4, -0.2) is 24.2 Å². The molecular weight excluding hydrogens is 244 g/mol. The summed E-state index contributed by atoms with van der Waals surface area (Å²) in [7, 11) is 1.31. The summed E-state index contributed by atoms with van der Waals surface area (Å²) in [5, 5.41) is 0.755. The lowest BCUT2D eigenvalue weighted by Gasteiger charge is -2.11. The summed E-state index contributed by atoms with van der Waals surface area (Å²) in [5.41, 5.74) is 7.25. The lowest BCUT2D eigenvalue weighted by atomic mass is 10.1. The first-order chi connectivity index (χ1) is 9.01. The molecule has 2 N–H and O–H groups in total. The molecule has 5 nitrogen and oxygen atoms in total. The number of anilines is 1. The fourth-order valence-electron chi connectivity index (χ4n) is 1.79. The monoisotopic (exact) mass is 260 g/mol. The zero-order chi connectivity index (χ0) is 14.0. The van der Waals surface area contributed by atoms with Crippen LogP contribution in [0.1, 0.15) is 24.3 Å². The van der Waals surface area contributed by atoms with Crippen LogP contribution in [0.25, 0.3) is 10.9 Å². The molecule has 19 heavy (non-hydrogen) atoms. The van der Waals surface area contributed by atoms with Gasteiger partial charge in [0.15, 0.2) is 5.69 Å². The van der Waals surface area contributed by atoms with Crippen LogP contribution in [0.3, 0.4) is 0 Å². The van der Waals surface area contributed by atoms with Gasteiger partial charge in [-0.3, -0.25) is 0 Å². The molecule has 1 aromatic heterocycles. The lowest BCUT2D eigenvalue weighted by molar-refractivity contribution is 0.0594. The average Bonchev–Trinajstić information content (AvgIpc) is 2.37. The van der Waals surface area contributed by atoms with Crippen molar-refractivity contribution in [3.05, 3.63) is 30.0 Å². The third-order valence-electron chi connectivity index (χ3n) is 2.58. The maximum absolute atomic E-state index is 11.5. The number of ether oxygens (including phenoxy) is 2. The van der Waals surface area contributed by atoms with Gasteiger partial charge in [-0.15, -0.1) is 0 Å². The number of esters is 1. The number of methoxy groups -OCH3 is 1. The zero-order valence-corrected chi connectivity index (χ0v) is 11.1. The molecule has 0 aliphatic heterocycles. The highest BCUT2D eigenvalue weighted by atomic mass is 16.5. The minimum atomic E-state index is -0.504. The van der Waals surface area contributed by atoms with Crippen LogP contribution in [0.15, 0.2) is 24.3 Å². The smallest absolute Gasteiger partial charge is 0.356 e. The minimum Gasteiger partial charge on any atom is -0.491 e. The fourth-order valence-corrected chi connectivity index (χ4v) is 1.79. The molecule has 2 aromatic rings. The maximum Gasteiger partial charge on any atom is 0.356 e. The van der Waals surface area contributed by atoms with Gasteiger partial charge in [0, 0.05) is 11.1 Å². The van der Waals surface area contributed by atoms with E-state index in [-0.39, 0.29) is 11.8 Å². The van der Waals surface area contributed by atoms with Crippen molar-refractivity contribution in [2.45, 2.75) is 20.0 Å². The maximum atomic E-state index is 11.5. The van der Waals surface area contributed by atoms with Crippen LogP contribution in [-0.2, 0) is 4.74 Å².